The third kappa shape index (κ3) is 5.79. The van der Waals surface area contributed by atoms with Gasteiger partial charge in [-0.1, -0.05) is 31.9 Å². The van der Waals surface area contributed by atoms with E-state index in [2.05, 4.69) is 24.4 Å². The number of amides is 2. The number of aryl methyl sites for hydroxylation is 1. The zero-order valence-corrected chi connectivity index (χ0v) is 16.7. The van der Waals surface area contributed by atoms with Crippen LogP contribution < -0.4 is 11.1 Å². The van der Waals surface area contributed by atoms with Crippen molar-refractivity contribution in [2.24, 2.45) is 11.7 Å². The van der Waals surface area contributed by atoms with Crippen molar-refractivity contribution in [3.05, 3.63) is 35.4 Å². The molecule has 3 atom stereocenters. The van der Waals surface area contributed by atoms with Crippen LogP contribution in [0.1, 0.15) is 64.2 Å². The van der Waals surface area contributed by atoms with E-state index in [1.807, 2.05) is 12.1 Å². The quantitative estimate of drug-likeness (QED) is 0.698. The van der Waals surface area contributed by atoms with Gasteiger partial charge in [0.2, 0.25) is 5.91 Å². The van der Waals surface area contributed by atoms with Gasteiger partial charge in [0, 0.05) is 20.9 Å². The van der Waals surface area contributed by atoms with Gasteiger partial charge in [0.25, 0.3) is 5.91 Å². The molecule has 2 saturated heterocycles. The number of nitrogens with one attached hydrogen (secondary N) is 1. The molecule has 0 aromatic heterocycles. The average molecular weight is 393 g/mol. The maximum Gasteiger partial charge on any atom is 0.251 e. The minimum absolute atomic E-state index is 0. The molecular weight excluding hydrogens is 356 g/mol. The van der Waals surface area contributed by atoms with Crippen LogP contribution in [0.15, 0.2) is 24.3 Å². The molecule has 6 heteroatoms. The van der Waals surface area contributed by atoms with Crippen LogP contribution >= 0.6 is 0 Å². The summed E-state index contributed by atoms with van der Waals surface area (Å²) in [6, 6.07) is 7.93. The minimum Gasteiger partial charge on any atom is -0.373 e. The summed E-state index contributed by atoms with van der Waals surface area (Å²) in [5, 5.41) is 3.05. The lowest BCUT2D eigenvalue weighted by atomic mass is 10.0. The Morgan fingerprint density at radius 3 is 2.50 bits per heavy atom. The first kappa shape index (κ1) is 20.8. The van der Waals surface area contributed by atoms with Crippen molar-refractivity contribution in [1.82, 2.24) is 5.32 Å². The van der Waals surface area contributed by atoms with E-state index in [-0.39, 0.29) is 38.8 Å². The average Bonchev–Trinajstić information content (AvgIpc) is 3.34. The zero-order valence-electron chi connectivity index (χ0n) is 16.7. The molecule has 0 unspecified atom stereocenters. The van der Waals surface area contributed by atoms with Gasteiger partial charge in [-0.15, -0.1) is 0 Å². The van der Waals surface area contributed by atoms with E-state index in [1.54, 1.807) is 0 Å². The molecule has 0 radical (unpaired) electrons. The molecule has 1 aliphatic carbocycles. The Bertz CT molecular complexity index is 668. The lowest BCUT2D eigenvalue weighted by molar-refractivity contribution is -0.119. The van der Waals surface area contributed by atoms with Gasteiger partial charge in [-0.25, -0.2) is 0 Å². The lowest BCUT2D eigenvalue weighted by Gasteiger charge is -2.17. The smallest absolute Gasteiger partial charge is 0.251 e. The van der Waals surface area contributed by atoms with Crippen LogP contribution in [0.5, 0.6) is 0 Å². The van der Waals surface area contributed by atoms with E-state index in [0.29, 0.717) is 12.2 Å². The van der Waals surface area contributed by atoms with E-state index in [9.17, 15) is 9.59 Å². The van der Waals surface area contributed by atoms with Crippen LogP contribution in [-0.2, 0) is 20.7 Å². The number of carbonyl (C=O) groups is 2. The number of fused-ring (bicyclic) bond motifs is 1. The largest absolute Gasteiger partial charge is 0.373 e. The van der Waals surface area contributed by atoms with Crippen LogP contribution in [0.25, 0.3) is 0 Å². The van der Waals surface area contributed by atoms with Crippen molar-refractivity contribution < 1.29 is 21.9 Å². The maximum atomic E-state index is 12.3. The number of ether oxygens (including phenoxy) is 2. The van der Waals surface area contributed by atoms with Crippen molar-refractivity contribution in [1.29, 1.82) is 0 Å². The molecule has 1 saturated carbocycles. The molecule has 1 aromatic rings. The Labute approximate surface area is 170 Å². The molecule has 2 heterocycles. The molecule has 0 spiro atoms. The number of rotatable bonds is 7. The highest BCUT2D eigenvalue weighted by atomic mass is 16.6. The third-order valence-corrected chi connectivity index (χ3v) is 5.55. The Morgan fingerprint density at radius 2 is 1.89 bits per heavy atom. The SMILES string of the molecule is CCCCCc1ccc(C(=O)N[C@H]2CO[C@@H]3CCO[C@H]23)cc1.NC(=O)C1CC1.[HH].[HH]. The number of carbonyl (C=O) groups excluding carboxylic acids is 2. The fourth-order valence-corrected chi connectivity index (χ4v) is 3.61. The molecule has 3 aliphatic rings. The highest BCUT2D eigenvalue weighted by Gasteiger charge is 2.42. The monoisotopic (exact) mass is 392 g/mol. The number of nitrogens with two attached hydrogens (primary N) is 1. The highest BCUT2D eigenvalue weighted by Crippen LogP contribution is 2.27. The second kappa shape index (κ2) is 10.0. The molecule has 28 heavy (non-hydrogen) atoms. The lowest BCUT2D eigenvalue weighted by Crippen LogP contribution is -2.43. The molecule has 6 nitrogen and oxygen atoms in total. The minimum atomic E-state index is -0.130. The van der Waals surface area contributed by atoms with Crippen LogP contribution in [0, 0.1) is 5.92 Å². The summed E-state index contributed by atoms with van der Waals surface area (Å²) in [6.07, 6.45) is 7.95. The Hall–Kier alpha value is -1.92. The molecule has 3 fully saturated rings. The van der Waals surface area contributed by atoms with Crippen LogP contribution in [0.3, 0.4) is 0 Å². The second-order valence-electron chi connectivity index (χ2n) is 7.91. The van der Waals surface area contributed by atoms with E-state index in [1.165, 1.54) is 24.8 Å². The third-order valence-electron chi connectivity index (χ3n) is 5.55. The van der Waals surface area contributed by atoms with E-state index in [0.717, 1.165) is 32.3 Å². The normalized spacial score (nSPS) is 25.5. The topological polar surface area (TPSA) is 90.7 Å². The Balaban J connectivity index is 0.000000487. The molecule has 1 aromatic carbocycles. The predicted molar refractivity (Wildman–Crippen MR) is 111 cm³/mol. The summed E-state index contributed by atoms with van der Waals surface area (Å²) in [4.78, 5) is 22.3. The van der Waals surface area contributed by atoms with Crippen LogP contribution in [0.2, 0.25) is 0 Å². The summed E-state index contributed by atoms with van der Waals surface area (Å²) in [6.45, 7) is 3.49. The zero-order chi connectivity index (χ0) is 19.9. The van der Waals surface area contributed by atoms with Gasteiger partial charge in [0.05, 0.1) is 18.8 Å². The first-order chi connectivity index (χ1) is 13.6. The summed E-state index contributed by atoms with van der Waals surface area (Å²) >= 11 is 0. The van der Waals surface area contributed by atoms with Gasteiger partial charge in [-0.2, -0.15) is 0 Å². The summed E-state index contributed by atoms with van der Waals surface area (Å²) in [5.74, 6) is 0.0739. The van der Waals surface area contributed by atoms with E-state index in [4.69, 9.17) is 15.2 Å². The van der Waals surface area contributed by atoms with E-state index < -0.39 is 0 Å². The van der Waals surface area contributed by atoms with Crippen molar-refractivity contribution in [3.8, 4) is 0 Å². The van der Waals surface area contributed by atoms with Gasteiger partial charge >= 0.3 is 0 Å². The Morgan fingerprint density at radius 1 is 1.14 bits per heavy atom. The molecule has 2 amide bonds. The molecule has 158 valence electrons. The number of unbranched alkanes of at least 4 members (excludes halogenated alkanes) is 2. The number of primary amides is 1. The predicted octanol–water partition coefficient (Wildman–Crippen LogP) is 3.08. The fraction of sp³-hybridized carbons (Fsp3) is 0.636. The Kier molecular flexibility index (Phi) is 7.45. The number of hydrogen-bond donors (Lipinski definition) is 2. The van der Waals surface area contributed by atoms with E-state index >= 15 is 0 Å². The van der Waals surface area contributed by atoms with Gasteiger partial charge < -0.3 is 20.5 Å². The fourth-order valence-electron chi connectivity index (χ4n) is 3.61. The maximum absolute atomic E-state index is 12.3. The van der Waals surface area contributed by atoms with Crippen molar-refractivity contribution >= 4 is 11.8 Å². The van der Waals surface area contributed by atoms with Crippen molar-refractivity contribution in [3.63, 3.8) is 0 Å². The van der Waals surface area contributed by atoms with Gasteiger partial charge in [-0.05, 0) is 49.8 Å². The molecular formula is C22H36N2O4. The standard InChI is InChI=1S/C18H25NO3.C4H7NO.2H2/c1-2-3-4-5-13-6-8-14(9-7-13)18(20)19-15-12-22-16-10-11-21-17(15)16;5-4(6)3-1-2-3;;/h6-9,15-17H,2-5,10-12H2,1H3,(H,19,20);3H,1-2H2,(H2,5,6);2*1H/t15-,16+,17+;;;/m0.../s1. The van der Waals surface area contributed by atoms with Crippen molar-refractivity contribution in [2.45, 2.75) is 70.1 Å². The first-order valence-electron chi connectivity index (χ1n) is 10.5. The van der Waals surface area contributed by atoms with Gasteiger partial charge in [0.15, 0.2) is 0 Å². The van der Waals surface area contributed by atoms with Gasteiger partial charge in [-0.3, -0.25) is 9.59 Å². The van der Waals surface area contributed by atoms with Crippen molar-refractivity contribution in [2.75, 3.05) is 13.2 Å². The number of benzene rings is 1. The first-order valence-corrected chi connectivity index (χ1v) is 10.5. The number of hydrogen-bond acceptors (Lipinski definition) is 4. The summed E-state index contributed by atoms with van der Waals surface area (Å²) < 4.78 is 11.3. The highest BCUT2D eigenvalue weighted by molar-refractivity contribution is 5.94. The molecule has 4 rings (SSSR count). The van der Waals surface area contributed by atoms with Crippen LogP contribution in [-0.4, -0.2) is 43.3 Å². The van der Waals surface area contributed by atoms with Crippen LogP contribution in [0.4, 0.5) is 0 Å². The second-order valence-corrected chi connectivity index (χ2v) is 7.91. The molecule has 3 N–H and O–H groups in total. The molecule has 0 bridgehead atoms. The van der Waals surface area contributed by atoms with Gasteiger partial charge in [0.1, 0.15) is 6.10 Å². The summed E-state index contributed by atoms with van der Waals surface area (Å²) in [7, 11) is 0. The molecule has 2 aliphatic heterocycles. The summed E-state index contributed by atoms with van der Waals surface area (Å²) in [5.41, 5.74) is 6.87.